The van der Waals surface area contributed by atoms with Crippen LogP contribution in [0.15, 0.2) is 59.0 Å². The van der Waals surface area contributed by atoms with Gasteiger partial charge in [0, 0.05) is 31.8 Å². The van der Waals surface area contributed by atoms with Gasteiger partial charge < -0.3 is 15.5 Å². The normalized spacial score (nSPS) is 11.1. The van der Waals surface area contributed by atoms with Crippen molar-refractivity contribution in [3.63, 3.8) is 0 Å². The van der Waals surface area contributed by atoms with Crippen LogP contribution in [0.4, 0.5) is 17.6 Å². The number of ether oxygens (including phenoxy) is 1. The SMILES string of the molecule is C/C=C(\C)c1ccc(CN)cc1.C=C(OC(=NC)C(F)F)c1cc(F)c(CC)c(F)c1.C=NC. The van der Waals surface area contributed by atoms with Crippen LogP contribution < -0.4 is 5.73 Å². The van der Waals surface area contributed by atoms with Crippen molar-refractivity contribution in [1.29, 1.82) is 0 Å². The summed E-state index contributed by atoms with van der Waals surface area (Å²) in [5, 5.41) is 0. The van der Waals surface area contributed by atoms with Crippen molar-refractivity contribution in [1.82, 2.24) is 0 Å². The first-order chi connectivity index (χ1) is 16.1. The fraction of sp³-hybridized carbons (Fsp3) is 0.308. The lowest BCUT2D eigenvalue weighted by atomic mass is 10.1. The molecule has 0 aliphatic carbocycles. The molecule has 0 radical (unpaired) electrons. The summed E-state index contributed by atoms with van der Waals surface area (Å²) in [5.74, 6) is -2.68. The highest BCUT2D eigenvalue weighted by Gasteiger charge is 2.18. The molecule has 2 N–H and O–H groups in total. The van der Waals surface area contributed by atoms with Gasteiger partial charge in [-0.25, -0.2) is 8.78 Å². The number of aliphatic imine (C=N–C) groups is 2. The molecule has 0 aliphatic heterocycles. The smallest absolute Gasteiger partial charge is 0.312 e. The van der Waals surface area contributed by atoms with Crippen molar-refractivity contribution in [2.45, 2.75) is 40.2 Å². The first kappa shape index (κ1) is 30.7. The van der Waals surface area contributed by atoms with E-state index < -0.39 is 24.0 Å². The van der Waals surface area contributed by atoms with E-state index in [-0.39, 0.29) is 23.3 Å². The van der Waals surface area contributed by atoms with E-state index in [1.807, 2.05) is 6.92 Å². The fourth-order valence-corrected chi connectivity index (χ4v) is 2.55. The number of rotatable bonds is 6. The monoisotopic (exact) mass is 479 g/mol. The molecule has 4 nitrogen and oxygen atoms in total. The first-order valence-electron chi connectivity index (χ1n) is 10.5. The molecule has 8 heteroatoms. The lowest BCUT2D eigenvalue weighted by Gasteiger charge is -2.11. The lowest BCUT2D eigenvalue weighted by Crippen LogP contribution is -2.14. The van der Waals surface area contributed by atoms with E-state index in [1.165, 1.54) is 16.7 Å². The quantitative estimate of drug-likeness (QED) is 0.217. The second-order valence-electron chi connectivity index (χ2n) is 6.85. The summed E-state index contributed by atoms with van der Waals surface area (Å²) < 4.78 is 56.6. The van der Waals surface area contributed by atoms with E-state index in [9.17, 15) is 17.6 Å². The van der Waals surface area contributed by atoms with Gasteiger partial charge in [0.25, 0.3) is 5.90 Å². The van der Waals surface area contributed by atoms with E-state index in [2.05, 4.69) is 60.5 Å². The fourth-order valence-electron chi connectivity index (χ4n) is 2.55. The molecule has 2 aromatic carbocycles. The molecule has 0 aliphatic rings. The molecule has 2 rings (SSSR count). The molecule has 0 amide bonds. The van der Waals surface area contributed by atoms with Crippen molar-refractivity contribution in [3.8, 4) is 0 Å². The van der Waals surface area contributed by atoms with Crippen molar-refractivity contribution in [3.05, 3.63) is 82.9 Å². The van der Waals surface area contributed by atoms with Crippen LogP contribution in [0, 0.1) is 11.6 Å². The highest BCUT2D eigenvalue weighted by Crippen LogP contribution is 2.22. The van der Waals surface area contributed by atoms with Crippen LogP contribution in [-0.4, -0.2) is 33.1 Å². The minimum atomic E-state index is -2.92. The van der Waals surface area contributed by atoms with Gasteiger partial charge in [-0.3, -0.25) is 4.99 Å². The van der Waals surface area contributed by atoms with Gasteiger partial charge in [0.1, 0.15) is 17.4 Å². The Morgan fingerprint density at radius 3 is 1.94 bits per heavy atom. The van der Waals surface area contributed by atoms with Gasteiger partial charge in [0.05, 0.1) is 0 Å². The molecule has 0 aromatic heterocycles. The number of hydrogen-bond donors (Lipinski definition) is 1. The van der Waals surface area contributed by atoms with Crippen LogP contribution in [0.2, 0.25) is 0 Å². The maximum atomic E-state index is 13.5. The molecule has 186 valence electrons. The predicted octanol–water partition coefficient (Wildman–Crippen LogP) is 6.69. The highest BCUT2D eigenvalue weighted by atomic mass is 19.3. The molecule has 0 bridgehead atoms. The van der Waals surface area contributed by atoms with Gasteiger partial charge in [0.15, 0.2) is 0 Å². The molecule has 0 fully saturated rings. The average Bonchev–Trinajstić information content (AvgIpc) is 2.82. The van der Waals surface area contributed by atoms with Crippen LogP contribution in [0.25, 0.3) is 11.3 Å². The Morgan fingerprint density at radius 1 is 1.09 bits per heavy atom. The molecule has 0 saturated heterocycles. The summed E-state index contributed by atoms with van der Waals surface area (Å²) >= 11 is 0. The summed E-state index contributed by atoms with van der Waals surface area (Å²) in [6.45, 7) is 12.9. The summed E-state index contributed by atoms with van der Waals surface area (Å²) in [5.41, 5.74) is 9.13. The van der Waals surface area contributed by atoms with Crippen LogP contribution in [0.3, 0.4) is 0 Å². The Morgan fingerprint density at radius 2 is 1.59 bits per heavy atom. The Labute approximate surface area is 199 Å². The minimum absolute atomic E-state index is 0.0472. The highest BCUT2D eigenvalue weighted by molar-refractivity contribution is 5.84. The topological polar surface area (TPSA) is 60.0 Å². The zero-order chi connectivity index (χ0) is 26.3. The standard InChI is InChI=1S/C13H13F4NO.C11H15N.C2H5N/c1-4-9-10(14)5-8(6-11(9)15)7(2)19-13(18-3)12(16)17;1-3-9(2)11-6-4-10(8-12)5-7-11;1-3-2/h5-6,12H,2,4H2,1,3H3;3-7H,8,12H2,1-2H3;1H2,2H3/b;9-3+;. The van der Waals surface area contributed by atoms with Gasteiger partial charge in [-0.1, -0.05) is 43.8 Å². The van der Waals surface area contributed by atoms with Crippen molar-refractivity contribution >= 4 is 23.9 Å². The van der Waals surface area contributed by atoms with Crippen LogP contribution in [0.1, 0.15) is 43.0 Å². The summed E-state index contributed by atoms with van der Waals surface area (Å²) in [6, 6.07) is 10.3. The maximum Gasteiger partial charge on any atom is 0.312 e. The summed E-state index contributed by atoms with van der Waals surface area (Å²) in [6.07, 6.45) is -0.632. The van der Waals surface area contributed by atoms with Gasteiger partial charge >= 0.3 is 6.43 Å². The number of nitrogens with two attached hydrogens (primary N) is 1. The molecule has 0 heterocycles. The number of hydrogen-bond acceptors (Lipinski definition) is 4. The molecule has 0 unspecified atom stereocenters. The summed E-state index contributed by atoms with van der Waals surface area (Å²) in [4.78, 5) is 6.48. The molecule has 34 heavy (non-hydrogen) atoms. The van der Waals surface area contributed by atoms with E-state index in [0.29, 0.717) is 6.54 Å². The van der Waals surface area contributed by atoms with Crippen molar-refractivity contribution in [2.24, 2.45) is 15.7 Å². The molecule has 0 spiro atoms. The first-order valence-corrected chi connectivity index (χ1v) is 10.5. The Kier molecular flexibility index (Phi) is 14.8. The average molecular weight is 480 g/mol. The Balaban J connectivity index is 0.000000619. The van der Waals surface area contributed by atoms with E-state index in [0.717, 1.165) is 19.2 Å². The minimum Gasteiger partial charge on any atom is -0.438 e. The Hall–Kier alpha value is -3.26. The maximum absolute atomic E-state index is 13.5. The second-order valence-corrected chi connectivity index (χ2v) is 6.85. The van der Waals surface area contributed by atoms with E-state index in [4.69, 9.17) is 10.5 Å². The zero-order valence-electron chi connectivity index (χ0n) is 20.3. The molecule has 0 atom stereocenters. The molecule has 2 aromatic rings. The third kappa shape index (κ3) is 10.1. The Bertz CT molecular complexity index is 961. The number of alkyl halides is 2. The third-order valence-electron chi connectivity index (χ3n) is 4.53. The number of halogens is 4. The second kappa shape index (κ2) is 16.4. The third-order valence-corrected chi connectivity index (χ3v) is 4.53. The van der Waals surface area contributed by atoms with E-state index >= 15 is 0 Å². The number of benzene rings is 2. The van der Waals surface area contributed by atoms with Crippen LogP contribution in [-0.2, 0) is 17.7 Å². The molecular weight excluding hydrogens is 446 g/mol. The van der Waals surface area contributed by atoms with E-state index in [1.54, 1.807) is 14.0 Å². The molecule has 0 saturated carbocycles. The van der Waals surface area contributed by atoms with Crippen molar-refractivity contribution < 1.29 is 22.3 Å². The largest absolute Gasteiger partial charge is 0.438 e. The van der Waals surface area contributed by atoms with Gasteiger partial charge in [-0.15, -0.1) is 0 Å². The zero-order valence-corrected chi connectivity index (χ0v) is 20.3. The number of allylic oxidation sites excluding steroid dienone is 2. The lowest BCUT2D eigenvalue weighted by molar-refractivity contribution is 0.196. The van der Waals surface area contributed by atoms with Gasteiger partial charge in [-0.2, -0.15) is 8.78 Å². The van der Waals surface area contributed by atoms with Crippen molar-refractivity contribution in [2.75, 3.05) is 14.1 Å². The van der Waals surface area contributed by atoms with Gasteiger partial charge in [-0.05, 0) is 55.8 Å². The number of nitrogens with zero attached hydrogens (tertiary/aromatic N) is 2. The predicted molar refractivity (Wildman–Crippen MR) is 134 cm³/mol. The molecular formula is C26H33F4N3O. The summed E-state index contributed by atoms with van der Waals surface area (Å²) in [7, 11) is 2.76. The van der Waals surface area contributed by atoms with Crippen LogP contribution >= 0.6 is 0 Å². The van der Waals surface area contributed by atoms with Crippen LogP contribution in [0.5, 0.6) is 0 Å². The van der Waals surface area contributed by atoms with Gasteiger partial charge in [0.2, 0.25) is 0 Å².